The first-order valence-corrected chi connectivity index (χ1v) is 13.6. The van der Waals surface area contributed by atoms with Crippen LogP contribution in [-0.2, 0) is 4.79 Å². The van der Waals surface area contributed by atoms with Gasteiger partial charge in [-0.05, 0) is 87.1 Å². The number of rotatable bonds is 16. The molecule has 0 radical (unpaired) electrons. The lowest BCUT2D eigenvalue weighted by molar-refractivity contribution is -0.131. The van der Waals surface area contributed by atoms with Crippen molar-refractivity contribution >= 4 is 5.97 Å². The molecule has 34 heavy (non-hydrogen) atoms. The molecule has 1 aromatic carbocycles. The Morgan fingerprint density at radius 3 is 1.97 bits per heavy atom. The smallest absolute Gasteiger partial charge is 0.308 e. The van der Waals surface area contributed by atoms with E-state index in [1.165, 1.54) is 63.9 Å². The standard InChI is InChI=1S/C31H52O3/c1-22(2)13-10-14-23(3)15-11-16-24(4)17-12-18-25(5)19-20-33-30-21-26(6)31(34-29(9)32)28(8)27(30)7/h19,21-24H,10-18,20H2,1-9H3/t23-,24-/m1/s1. The van der Waals surface area contributed by atoms with E-state index in [0.717, 1.165) is 46.6 Å². The molecule has 2 atom stereocenters. The van der Waals surface area contributed by atoms with Crippen molar-refractivity contribution in [1.82, 2.24) is 0 Å². The van der Waals surface area contributed by atoms with Crippen LogP contribution in [0.5, 0.6) is 11.5 Å². The second-order valence-electron chi connectivity index (χ2n) is 11.1. The van der Waals surface area contributed by atoms with E-state index in [1.54, 1.807) is 0 Å². The Bertz CT molecular complexity index is 775. The topological polar surface area (TPSA) is 35.5 Å². The number of allylic oxidation sites excluding steroid dienone is 1. The van der Waals surface area contributed by atoms with E-state index in [1.807, 2.05) is 26.8 Å². The number of esters is 1. The molecule has 0 bridgehead atoms. The van der Waals surface area contributed by atoms with Crippen LogP contribution >= 0.6 is 0 Å². The van der Waals surface area contributed by atoms with Gasteiger partial charge in [0, 0.05) is 6.92 Å². The van der Waals surface area contributed by atoms with Gasteiger partial charge >= 0.3 is 5.97 Å². The van der Waals surface area contributed by atoms with Crippen LogP contribution in [-0.4, -0.2) is 12.6 Å². The summed E-state index contributed by atoms with van der Waals surface area (Å²) in [7, 11) is 0. The van der Waals surface area contributed by atoms with Crippen molar-refractivity contribution in [2.24, 2.45) is 17.8 Å². The van der Waals surface area contributed by atoms with Gasteiger partial charge in [-0.3, -0.25) is 4.79 Å². The highest BCUT2D eigenvalue weighted by atomic mass is 16.5. The molecule has 0 spiro atoms. The number of hydrogen-bond acceptors (Lipinski definition) is 3. The van der Waals surface area contributed by atoms with Gasteiger partial charge in [-0.15, -0.1) is 0 Å². The Hall–Kier alpha value is -1.77. The lowest BCUT2D eigenvalue weighted by Crippen LogP contribution is -2.07. The molecule has 0 aliphatic rings. The van der Waals surface area contributed by atoms with E-state index in [2.05, 4.69) is 40.7 Å². The van der Waals surface area contributed by atoms with E-state index in [0.29, 0.717) is 12.4 Å². The van der Waals surface area contributed by atoms with Gasteiger partial charge in [-0.2, -0.15) is 0 Å². The van der Waals surface area contributed by atoms with E-state index in [9.17, 15) is 4.79 Å². The maximum atomic E-state index is 11.4. The van der Waals surface area contributed by atoms with Crippen LogP contribution in [0.15, 0.2) is 17.7 Å². The SMILES string of the molecule is CC(=O)Oc1c(C)cc(OCC=C(C)CCC[C@H](C)CCC[C@H](C)CCCC(C)C)c(C)c1C. The van der Waals surface area contributed by atoms with Gasteiger partial charge < -0.3 is 9.47 Å². The Morgan fingerprint density at radius 1 is 0.853 bits per heavy atom. The first-order valence-electron chi connectivity index (χ1n) is 13.6. The summed E-state index contributed by atoms with van der Waals surface area (Å²) < 4.78 is 11.4. The van der Waals surface area contributed by atoms with Crippen LogP contribution in [0.3, 0.4) is 0 Å². The lowest BCUT2D eigenvalue weighted by Gasteiger charge is -2.16. The molecule has 0 amide bonds. The Morgan fingerprint density at radius 2 is 1.41 bits per heavy atom. The molecule has 0 aliphatic heterocycles. The van der Waals surface area contributed by atoms with Gasteiger partial charge in [0.05, 0.1) is 0 Å². The zero-order valence-corrected chi connectivity index (χ0v) is 23.7. The fraction of sp³-hybridized carbons (Fsp3) is 0.710. The van der Waals surface area contributed by atoms with E-state index >= 15 is 0 Å². The average molecular weight is 473 g/mol. The van der Waals surface area contributed by atoms with Crippen LogP contribution in [0.25, 0.3) is 0 Å². The number of hydrogen-bond donors (Lipinski definition) is 0. The van der Waals surface area contributed by atoms with Gasteiger partial charge in [0.25, 0.3) is 0 Å². The predicted molar refractivity (Wildman–Crippen MR) is 146 cm³/mol. The molecule has 0 saturated carbocycles. The van der Waals surface area contributed by atoms with Crippen molar-refractivity contribution in [3.05, 3.63) is 34.4 Å². The van der Waals surface area contributed by atoms with Crippen molar-refractivity contribution in [3.63, 3.8) is 0 Å². The van der Waals surface area contributed by atoms with Crippen molar-refractivity contribution in [3.8, 4) is 11.5 Å². The molecular formula is C31H52O3. The highest BCUT2D eigenvalue weighted by Gasteiger charge is 2.14. The first-order chi connectivity index (χ1) is 16.0. The third kappa shape index (κ3) is 12.1. The number of ether oxygens (including phenoxy) is 2. The summed E-state index contributed by atoms with van der Waals surface area (Å²) >= 11 is 0. The zero-order valence-electron chi connectivity index (χ0n) is 23.7. The normalized spacial score (nSPS) is 13.8. The van der Waals surface area contributed by atoms with Crippen LogP contribution in [0, 0.1) is 38.5 Å². The lowest BCUT2D eigenvalue weighted by atomic mass is 9.91. The fourth-order valence-corrected chi connectivity index (χ4v) is 4.56. The van der Waals surface area contributed by atoms with Crippen LogP contribution in [0.2, 0.25) is 0 Å². The minimum Gasteiger partial charge on any atom is -0.489 e. The Labute approximate surface area is 210 Å². The summed E-state index contributed by atoms with van der Waals surface area (Å²) in [6.07, 6.45) is 14.2. The molecule has 1 rings (SSSR count). The molecule has 0 aromatic heterocycles. The molecule has 0 unspecified atom stereocenters. The molecule has 0 heterocycles. The summed E-state index contributed by atoms with van der Waals surface area (Å²) in [4.78, 5) is 11.4. The largest absolute Gasteiger partial charge is 0.489 e. The number of carbonyl (C=O) groups is 1. The molecule has 0 fully saturated rings. The monoisotopic (exact) mass is 472 g/mol. The van der Waals surface area contributed by atoms with Crippen molar-refractivity contribution < 1.29 is 14.3 Å². The second-order valence-corrected chi connectivity index (χ2v) is 11.1. The summed E-state index contributed by atoms with van der Waals surface area (Å²) in [5.41, 5.74) is 4.31. The quantitative estimate of drug-likeness (QED) is 0.137. The van der Waals surface area contributed by atoms with Gasteiger partial charge in [0.1, 0.15) is 18.1 Å². The van der Waals surface area contributed by atoms with E-state index in [4.69, 9.17) is 9.47 Å². The van der Waals surface area contributed by atoms with Gasteiger partial charge in [0.15, 0.2) is 0 Å². The van der Waals surface area contributed by atoms with Crippen molar-refractivity contribution in [2.75, 3.05) is 6.61 Å². The number of benzene rings is 1. The highest BCUT2D eigenvalue weighted by Crippen LogP contribution is 2.33. The maximum Gasteiger partial charge on any atom is 0.308 e. The summed E-state index contributed by atoms with van der Waals surface area (Å²) in [5, 5.41) is 0. The molecular weight excluding hydrogens is 420 g/mol. The van der Waals surface area contributed by atoms with Gasteiger partial charge in [-0.25, -0.2) is 0 Å². The Kier molecular flexibility index (Phi) is 14.2. The number of aryl methyl sites for hydroxylation is 1. The third-order valence-corrected chi connectivity index (χ3v) is 7.04. The van der Waals surface area contributed by atoms with Crippen molar-refractivity contribution in [1.29, 1.82) is 0 Å². The van der Waals surface area contributed by atoms with Gasteiger partial charge in [-0.1, -0.05) is 78.2 Å². The van der Waals surface area contributed by atoms with E-state index < -0.39 is 0 Å². The minimum atomic E-state index is -0.293. The molecule has 1 aromatic rings. The van der Waals surface area contributed by atoms with Crippen molar-refractivity contribution in [2.45, 2.75) is 120 Å². The molecule has 0 N–H and O–H groups in total. The predicted octanol–water partition coefficient (Wildman–Crippen LogP) is 9.30. The molecule has 3 nitrogen and oxygen atoms in total. The minimum absolute atomic E-state index is 0.293. The molecule has 194 valence electrons. The summed E-state index contributed by atoms with van der Waals surface area (Å²) in [6.45, 7) is 19.7. The summed E-state index contributed by atoms with van der Waals surface area (Å²) in [6, 6.07) is 1.97. The average Bonchev–Trinajstić information content (AvgIpc) is 2.74. The molecule has 0 aliphatic carbocycles. The third-order valence-electron chi connectivity index (χ3n) is 7.04. The van der Waals surface area contributed by atoms with E-state index in [-0.39, 0.29) is 5.97 Å². The van der Waals surface area contributed by atoms with Crippen LogP contribution in [0.1, 0.15) is 116 Å². The summed E-state index contributed by atoms with van der Waals surface area (Å²) in [5.74, 6) is 3.76. The van der Waals surface area contributed by atoms with Gasteiger partial charge in [0.2, 0.25) is 0 Å². The number of carbonyl (C=O) groups excluding carboxylic acids is 1. The molecule has 0 saturated heterocycles. The first kappa shape index (κ1) is 30.3. The van der Waals surface area contributed by atoms with Crippen LogP contribution in [0.4, 0.5) is 0 Å². The highest BCUT2D eigenvalue weighted by molar-refractivity contribution is 5.71. The maximum absolute atomic E-state index is 11.4. The van der Waals surface area contributed by atoms with Crippen LogP contribution < -0.4 is 9.47 Å². The fourth-order valence-electron chi connectivity index (χ4n) is 4.56. The Balaban J connectivity index is 2.32. The second kappa shape index (κ2) is 16.0. The molecule has 3 heteroatoms. The zero-order chi connectivity index (χ0) is 25.7.